The van der Waals surface area contributed by atoms with Crippen molar-refractivity contribution in [2.45, 2.75) is 32.2 Å². The van der Waals surface area contributed by atoms with Crippen LogP contribution in [0.25, 0.3) is 0 Å². The van der Waals surface area contributed by atoms with Crippen molar-refractivity contribution in [2.75, 3.05) is 23.4 Å². The molecule has 6 heteroatoms. The van der Waals surface area contributed by atoms with E-state index in [4.69, 9.17) is 16.3 Å². The highest BCUT2D eigenvalue weighted by Gasteiger charge is 2.24. The molecule has 1 aliphatic heterocycles. The minimum Gasteiger partial charge on any atom is -0.491 e. The van der Waals surface area contributed by atoms with Crippen LogP contribution in [0.15, 0.2) is 18.2 Å². The maximum absolute atomic E-state index is 11.4. The largest absolute Gasteiger partial charge is 0.491 e. The standard InChI is InChI=1S/C14H20ClNO3S/c1-2-7-19-14-4-3-11(15)10-13(14)16-12-5-8-20(17,18)9-6-12/h3-4,10,12,16H,2,5-9H2,1H3. The quantitative estimate of drug-likeness (QED) is 0.906. The number of anilines is 1. The first kappa shape index (κ1) is 15.4. The van der Waals surface area contributed by atoms with E-state index >= 15 is 0 Å². The van der Waals surface area contributed by atoms with Crippen LogP contribution in [0.3, 0.4) is 0 Å². The van der Waals surface area contributed by atoms with E-state index in [1.165, 1.54) is 0 Å². The summed E-state index contributed by atoms with van der Waals surface area (Å²) < 4.78 is 28.6. The average Bonchev–Trinajstić information content (AvgIpc) is 2.40. The molecular weight excluding hydrogens is 298 g/mol. The zero-order chi connectivity index (χ0) is 14.6. The Balaban J connectivity index is 2.06. The van der Waals surface area contributed by atoms with E-state index in [9.17, 15) is 8.42 Å². The summed E-state index contributed by atoms with van der Waals surface area (Å²) in [7, 11) is -2.84. The molecular formula is C14H20ClNO3S. The fraction of sp³-hybridized carbons (Fsp3) is 0.571. The van der Waals surface area contributed by atoms with Crippen molar-refractivity contribution in [3.63, 3.8) is 0 Å². The summed E-state index contributed by atoms with van der Waals surface area (Å²) >= 11 is 6.02. The number of hydrogen-bond donors (Lipinski definition) is 1. The zero-order valence-corrected chi connectivity index (χ0v) is 13.1. The molecule has 1 aromatic carbocycles. The topological polar surface area (TPSA) is 55.4 Å². The Morgan fingerprint density at radius 2 is 2.05 bits per heavy atom. The van der Waals surface area contributed by atoms with Crippen LogP contribution in [0.5, 0.6) is 5.75 Å². The molecule has 1 saturated heterocycles. The molecule has 4 nitrogen and oxygen atoms in total. The molecule has 112 valence electrons. The van der Waals surface area contributed by atoms with E-state index < -0.39 is 9.84 Å². The lowest BCUT2D eigenvalue weighted by Gasteiger charge is -2.25. The SMILES string of the molecule is CCCOc1ccc(Cl)cc1NC1CCS(=O)(=O)CC1. The highest BCUT2D eigenvalue weighted by Crippen LogP contribution is 2.30. The van der Waals surface area contributed by atoms with Crippen LogP contribution in [-0.2, 0) is 9.84 Å². The molecule has 0 amide bonds. The van der Waals surface area contributed by atoms with Gasteiger partial charge in [-0.25, -0.2) is 8.42 Å². The molecule has 1 N–H and O–H groups in total. The zero-order valence-electron chi connectivity index (χ0n) is 11.6. The minimum absolute atomic E-state index is 0.154. The number of rotatable bonds is 5. The Morgan fingerprint density at radius 1 is 1.35 bits per heavy atom. The van der Waals surface area contributed by atoms with Crippen molar-refractivity contribution >= 4 is 27.1 Å². The van der Waals surface area contributed by atoms with Gasteiger partial charge in [-0.05, 0) is 37.5 Å². The van der Waals surface area contributed by atoms with E-state index in [0.717, 1.165) is 17.9 Å². The summed E-state index contributed by atoms with van der Waals surface area (Å²) in [6.45, 7) is 2.70. The molecule has 0 aromatic heterocycles. The van der Waals surface area contributed by atoms with Crippen molar-refractivity contribution in [1.29, 1.82) is 0 Å². The third kappa shape index (κ3) is 4.28. The maximum atomic E-state index is 11.4. The maximum Gasteiger partial charge on any atom is 0.150 e. The van der Waals surface area contributed by atoms with Gasteiger partial charge in [-0.3, -0.25) is 0 Å². The van der Waals surface area contributed by atoms with Gasteiger partial charge >= 0.3 is 0 Å². The Labute approximate surface area is 125 Å². The van der Waals surface area contributed by atoms with Gasteiger partial charge in [0.05, 0.1) is 23.8 Å². The molecule has 0 unspecified atom stereocenters. The van der Waals surface area contributed by atoms with Crippen LogP contribution < -0.4 is 10.1 Å². The summed E-state index contributed by atoms with van der Waals surface area (Å²) in [4.78, 5) is 0. The van der Waals surface area contributed by atoms with E-state index in [1.54, 1.807) is 6.07 Å². The van der Waals surface area contributed by atoms with Gasteiger partial charge in [0, 0.05) is 11.1 Å². The number of hydrogen-bond acceptors (Lipinski definition) is 4. The number of benzene rings is 1. The van der Waals surface area contributed by atoms with E-state index in [1.807, 2.05) is 12.1 Å². The van der Waals surface area contributed by atoms with Crippen molar-refractivity contribution in [3.8, 4) is 5.75 Å². The summed E-state index contributed by atoms with van der Waals surface area (Å²) in [5.74, 6) is 1.26. The monoisotopic (exact) mass is 317 g/mol. The molecule has 0 spiro atoms. The second kappa shape index (κ2) is 6.68. The number of nitrogens with one attached hydrogen (secondary N) is 1. The van der Waals surface area contributed by atoms with Crippen LogP contribution in [-0.4, -0.2) is 32.6 Å². The molecule has 0 saturated carbocycles. The lowest BCUT2D eigenvalue weighted by Crippen LogP contribution is -2.32. The second-order valence-corrected chi connectivity index (χ2v) is 7.80. The summed E-state index contributed by atoms with van der Waals surface area (Å²) in [5, 5.41) is 4.00. The van der Waals surface area contributed by atoms with Gasteiger partial charge in [-0.2, -0.15) is 0 Å². The summed E-state index contributed by atoms with van der Waals surface area (Å²) in [6.07, 6.45) is 2.19. The van der Waals surface area contributed by atoms with Crippen molar-refractivity contribution in [3.05, 3.63) is 23.2 Å². The van der Waals surface area contributed by atoms with Gasteiger partial charge in [0.2, 0.25) is 0 Å². The van der Waals surface area contributed by atoms with Gasteiger partial charge in [0.15, 0.2) is 0 Å². The van der Waals surface area contributed by atoms with Crippen LogP contribution in [0, 0.1) is 0 Å². The van der Waals surface area contributed by atoms with Gasteiger partial charge in [-0.1, -0.05) is 18.5 Å². The lowest BCUT2D eigenvalue weighted by atomic mass is 10.1. The van der Waals surface area contributed by atoms with E-state index in [0.29, 0.717) is 24.5 Å². The minimum atomic E-state index is -2.84. The van der Waals surface area contributed by atoms with Crippen molar-refractivity contribution in [2.24, 2.45) is 0 Å². The Kier molecular flexibility index (Phi) is 5.16. The Morgan fingerprint density at radius 3 is 2.70 bits per heavy atom. The van der Waals surface area contributed by atoms with Gasteiger partial charge in [0.25, 0.3) is 0 Å². The molecule has 0 aliphatic carbocycles. The van der Waals surface area contributed by atoms with Crippen LogP contribution in [0.4, 0.5) is 5.69 Å². The Bertz CT molecular complexity index is 546. The third-order valence-corrected chi connectivity index (χ3v) is 5.27. The fourth-order valence-corrected chi connectivity index (χ4v) is 3.87. The van der Waals surface area contributed by atoms with Gasteiger partial charge in [0.1, 0.15) is 15.6 Å². The van der Waals surface area contributed by atoms with Crippen LogP contribution >= 0.6 is 11.6 Å². The first-order chi connectivity index (χ1) is 9.50. The molecule has 0 radical (unpaired) electrons. The molecule has 1 aromatic rings. The first-order valence-electron chi connectivity index (χ1n) is 6.89. The highest BCUT2D eigenvalue weighted by atomic mass is 35.5. The van der Waals surface area contributed by atoms with Gasteiger partial charge in [-0.15, -0.1) is 0 Å². The molecule has 1 heterocycles. The number of halogens is 1. The summed E-state index contributed by atoms with van der Waals surface area (Å²) in [6, 6.07) is 5.62. The van der Waals surface area contributed by atoms with Crippen LogP contribution in [0.1, 0.15) is 26.2 Å². The number of sulfone groups is 1. The van der Waals surface area contributed by atoms with Crippen molar-refractivity contribution < 1.29 is 13.2 Å². The second-order valence-electron chi connectivity index (χ2n) is 5.06. The predicted molar refractivity (Wildman–Crippen MR) is 82.5 cm³/mol. The molecule has 0 bridgehead atoms. The third-order valence-electron chi connectivity index (χ3n) is 3.32. The fourth-order valence-electron chi connectivity index (χ4n) is 2.21. The molecule has 1 fully saturated rings. The molecule has 2 rings (SSSR count). The normalized spacial score (nSPS) is 18.7. The van der Waals surface area contributed by atoms with Gasteiger partial charge < -0.3 is 10.1 Å². The lowest BCUT2D eigenvalue weighted by molar-refractivity contribution is 0.318. The average molecular weight is 318 g/mol. The smallest absolute Gasteiger partial charge is 0.150 e. The Hall–Kier alpha value is -0.940. The molecule has 0 atom stereocenters. The molecule has 20 heavy (non-hydrogen) atoms. The number of ether oxygens (including phenoxy) is 1. The van der Waals surface area contributed by atoms with E-state index in [2.05, 4.69) is 12.2 Å². The summed E-state index contributed by atoms with van der Waals surface area (Å²) in [5.41, 5.74) is 0.843. The van der Waals surface area contributed by atoms with Crippen molar-refractivity contribution in [1.82, 2.24) is 0 Å². The van der Waals surface area contributed by atoms with Crippen LogP contribution in [0.2, 0.25) is 5.02 Å². The predicted octanol–water partition coefficient (Wildman–Crippen LogP) is 3.12. The first-order valence-corrected chi connectivity index (χ1v) is 9.09. The highest BCUT2D eigenvalue weighted by molar-refractivity contribution is 7.91. The van der Waals surface area contributed by atoms with E-state index in [-0.39, 0.29) is 17.5 Å². The molecule has 1 aliphatic rings.